The predicted molar refractivity (Wildman–Crippen MR) is 42.8 cm³/mol. The summed E-state index contributed by atoms with van der Waals surface area (Å²) in [4.78, 5) is 0. The number of hydrogen-bond donors (Lipinski definition) is 0. The summed E-state index contributed by atoms with van der Waals surface area (Å²) in [6.45, 7) is 2.99. The van der Waals surface area contributed by atoms with E-state index < -0.39 is 7.58 Å². The fourth-order valence-corrected chi connectivity index (χ4v) is 1.94. The number of halogens is 1. The monoisotopic (exact) mass is 162 g/mol. The van der Waals surface area contributed by atoms with Crippen LogP contribution in [0.5, 0.6) is 0 Å². The van der Waals surface area contributed by atoms with Crippen molar-refractivity contribution in [2.75, 3.05) is 6.54 Å². The van der Waals surface area contributed by atoms with Crippen molar-refractivity contribution < 1.29 is 0 Å². The molecule has 0 spiro atoms. The molecule has 0 fully saturated rings. The van der Waals surface area contributed by atoms with E-state index in [1.54, 1.807) is 6.21 Å². The molecule has 0 radical (unpaired) electrons. The predicted octanol–water partition coefficient (Wildman–Crippen LogP) is 2.37. The molecule has 2 nitrogen and oxygen atoms in total. The molecule has 1 rings (SSSR count). The normalized spacial score (nSPS) is 25.1. The van der Waals surface area contributed by atoms with Crippen molar-refractivity contribution in [3.8, 4) is 0 Å². The van der Waals surface area contributed by atoms with Crippen molar-refractivity contribution in [2.45, 2.75) is 6.92 Å². The Morgan fingerprint density at radius 2 is 2.56 bits per heavy atom. The molecule has 0 aromatic heterocycles. The number of rotatable bonds is 1. The minimum Gasteiger partial charge on any atom is -0.327 e. The fraction of sp³-hybridized carbons (Fsp3) is 0.400. The van der Waals surface area contributed by atoms with Gasteiger partial charge in [0.2, 0.25) is 7.58 Å². The molecule has 4 heteroatoms. The van der Waals surface area contributed by atoms with Crippen molar-refractivity contribution in [1.82, 2.24) is 4.67 Å². The molecule has 0 aromatic carbocycles. The van der Waals surface area contributed by atoms with Crippen LogP contribution in [0.4, 0.5) is 0 Å². The first-order valence-electron chi connectivity index (χ1n) is 2.78. The van der Waals surface area contributed by atoms with Gasteiger partial charge in [0.05, 0.1) is 0 Å². The average molecular weight is 163 g/mol. The molecule has 0 amide bonds. The van der Waals surface area contributed by atoms with Crippen molar-refractivity contribution in [3.05, 3.63) is 12.3 Å². The van der Waals surface area contributed by atoms with Gasteiger partial charge >= 0.3 is 0 Å². The van der Waals surface area contributed by atoms with Gasteiger partial charge in [-0.2, -0.15) is 0 Å². The molecular formula is C5H8ClN2P. The second kappa shape index (κ2) is 3.19. The first kappa shape index (κ1) is 7.04. The van der Waals surface area contributed by atoms with Crippen LogP contribution in [-0.2, 0) is 0 Å². The Kier molecular flexibility index (Phi) is 2.49. The summed E-state index contributed by atoms with van der Waals surface area (Å²) in [5.74, 6) is 0. The largest absolute Gasteiger partial charge is 0.327 e. The highest BCUT2D eigenvalue weighted by molar-refractivity contribution is 7.81. The highest BCUT2D eigenvalue weighted by atomic mass is 35.7. The third-order valence-corrected chi connectivity index (χ3v) is 3.05. The van der Waals surface area contributed by atoms with Crippen molar-refractivity contribution >= 4 is 25.0 Å². The van der Waals surface area contributed by atoms with Gasteiger partial charge in [-0.1, -0.05) is 0 Å². The first-order chi connectivity index (χ1) is 4.34. The maximum Gasteiger partial charge on any atom is 0.216 e. The zero-order valence-corrected chi connectivity index (χ0v) is 6.81. The van der Waals surface area contributed by atoms with Gasteiger partial charge in [-0.25, -0.2) is 4.76 Å². The summed E-state index contributed by atoms with van der Waals surface area (Å²) in [5, 5.41) is 0. The lowest BCUT2D eigenvalue weighted by atomic mass is 10.6. The molecule has 0 saturated heterocycles. The van der Waals surface area contributed by atoms with Gasteiger partial charge < -0.3 is 4.67 Å². The Morgan fingerprint density at radius 3 is 3.00 bits per heavy atom. The van der Waals surface area contributed by atoms with E-state index in [9.17, 15) is 0 Å². The molecule has 1 atom stereocenters. The second-order valence-electron chi connectivity index (χ2n) is 1.60. The topological polar surface area (TPSA) is 15.6 Å². The van der Waals surface area contributed by atoms with Crippen LogP contribution in [-0.4, -0.2) is 17.4 Å². The van der Waals surface area contributed by atoms with Crippen molar-refractivity contribution in [3.63, 3.8) is 0 Å². The average Bonchev–Trinajstić information content (AvgIpc) is 1.89. The standard InChI is InChI=1S/C5H8ClN2P/c1-2-8-5-3-4-7-9(8)6/h3-5H,2H2,1H3. The van der Waals surface area contributed by atoms with Crippen LogP contribution < -0.4 is 0 Å². The lowest BCUT2D eigenvalue weighted by Gasteiger charge is -2.21. The lowest BCUT2D eigenvalue weighted by Crippen LogP contribution is -2.08. The minimum absolute atomic E-state index is 0.767. The van der Waals surface area contributed by atoms with Crippen LogP contribution >= 0.6 is 18.8 Å². The summed E-state index contributed by atoms with van der Waals surface area (Å²) in [5.41, 5.74) is 0. The fourth-order valence-electron chi connectivity index (χ4n) is 0.575. The van der Waals surface area contributed by atoms with Gasteiger partial charge in [-0.3, -0.25) is 0 Å². The molecular weight excluding hydrogens is 154 g/mol. The van der Waals surface area contributed by atoms with E-state index in [-0.39, 0.29) is 0 Å². The van der Waals surface area contributed by atoms with Crippen molar-refractivity contribution in [2.24, 2.45) is 4.76 Å². The highest BCUT2D eigenvalue weighted by Gasteiger charge is 2.09. The van der Waals surface area contributed by atoms with Crippen LogP contribution in [0.3, 0.4) is 0 Å². The zero-order chi connectivity index (χ0) is 6.69. The van der Waals surface area contributed by atoms with Gasteiger partial charge in [0.1, 0.15) is 0 Å². The Labute approximate surface area is 60.9 Å². The third-order valence-electron chi connectivity index (χ3n) is 1.04. The van der Waals surface area contributed by atoms with Crippen LogP contribution in [0.25, 0.3) is 0 Å². The molecule has 0 saturated carbocycles. The minimum atomic E-state index is -0.767. The lowest BCUT2D eigenvalue weighted by molar-refractivity contribution is 0.644. The van der Waals surface area contributed by atoms with Crippen LogP contribution in [0.15, 0.2) is 17.0 Å². The summed E-state index contributed by atoms with van der Waals surface area (Å²) in [6.07, 6.45) is 5.60. The Balaban J connectivity index is 2.55. The second-order valence-corrected chi connectivity index (χ2v) is 3.74. The molecule has 0 aliphatic carbocycles. The molecule has 9 heavy (non-hydrogen) atoms. The van der Waals surface area contributed by atoms with Crippen LogP contribution in [0, 0.1) is 0 Å². The van der Waals surface area contributed by atoms with E-state index in [4.69, 9.17) is 11.2 Å². The molecule has 1 aliphatic heterocycles. The van der Waals surface area contributed by atoms with Crippen LogP contribution in [0.1, 0.15) is 6.92 Å². The van der Waals surface area contributed by atoms with Gasteiger partial charge in [-0.05, 0) is 24.2 Å². The third kappa shape index (κ3) is 1.67. The Morgan fingerprint density at radius 1 is 1.78 bits per heavy atom. The Bertz CT molecular complexity index is 146. The maximum absolute atomic E-state index is 5.82. The number of nitrogens with zero attached hydrogens (tertiary/aromatic N) is 2. The van der Waals surface area contributed by atoms with E-state index >= 15 is 0 Å². The van der Waals surface area contributed by atoms with E-state index in [0.29, 0.717) is 0 Å². The highest BCUT2D eigenvalue weighted by Crippen LogP contribution is 2.47. The first-order valence-corrected chi connectivity index (χ1v) is 4.93. The smallest absolute Gasteiger partial charge is 0.216 e. The van der Waals surface area contributed by atoms with E-state index in [1.165, 1.54) is 0 Å². The van der Waals surface area contributed by atoms with E-state index in [0.717, 1.165) is 6.54 Å². The molecule has 0 aromatic rings. The van der Waals surface area contributed by atoms with Gasteiger partial charge in [-0.15, -0.1) is 0 Å². The van der Waals surface area contributed by atoms with Gasteiger partial charge in [0, 0.05) is 19.0 Å². The van der Waals surface area contributed by atoms with Gasteiger partial charge in [0.25, 0.3) is 0 Å². The summed E-state index contributed by atoms with van der Waals surface area (Å²) < 4.78 is 6.04. The molecule has 0 bridgehead atoms. The van der Waals surface area contributed by atoms with Crippen molar-refractivity contribution in [1.29, 1.82) is 0 Å². The van der Waals surface area contributed by atoms with E-state index in [2.05, 4.69) is 11.7 Å². The quantitative estimate of drug-likeness (QED) is 0.541. The Hall–Kier alpha value is -0.0700. The summed E-state index contributed by atoms with van der Waals surface area (Å²) in [7, 11) is -0.767. The zero-order valence-electron chi connectivity index (χ0n) is 5.16. The number of allylic oxidation sites excluding steroid dienone is 1. The SMILES string of the molecule is CCN1C=CC=NP1Cl. The van der Waals surface area contributed by atoms with Gasteiger partial charge in [0.15, 0.2) is 0 Å². The molecule has 0 N–H and O–H groups in total. The number of hydrogen-bond acceptors (Lipinski definition) is 2. The van der Waals surface area contributed by atoms with Crippen LogP contribution in [0.2, 0.25) is 0 Å². The maximum atomic E-state index is 5.82. The summed E-state index contributed by atoms with van der Waals surface area (Å²) >= 11 is 5.82. The summed E-state index contributed by atoms with van der Waals surface area (Å²) in [6, 6.07) is 0. The molecule has 1 heterocycles. The molecule has 1 aliphatic rings. The van der Waals surface area contributed by atoms with E-state index in [1.807, 2.05) is 16.9 Å². The molecule has 50 valence electrons. The molecule has 1 unspecified atom stereocenters.